The summed E-state index contributed by atoms with van der Waals surface area (Å²) in [6.45, 7) is -0.671. The summed E-state index contributed by atoms with van der Waals surface area (Å²) in [6, 6.07) is 7.28. The van der Waals surface area contributed by atoms with Crippen LogP contribution in [0, 0.1) is 5.41 Å². The van der Waals surface area contributed by atoms with Crippen LogP contribution in [-0.2, 0) is 6.42 Å². The van der Waals surface area contributed by atoms with Crippen LogP contribution in [0.15, 0.2) is 24.3 Å². The van der Waals surface area contributed by atoms with Crippen molar-refractivity contribution in [2.75, 3.05) is 0 Å². The Morgan fingerprint density at radius 2 is 2.23 bits per heavy atom. The van der Waals surface area contributed by atoms with E-state index < -0.39 is 12.3 Å². The number of Topliss-reactive ketones (excluding diaryl/α,β-unsaturated/α-hetero) is 1. The standard InChI is InChI=1S/C12H14O/c1-12(2)8-7-9-5-3-4-6-10(9)11(12)13/h3-6H,7-8H2,1-2H3/i1D3. The van der Waals surface area contributed by atoms with E-state index in [1.165, 1.54) is 0 Å². The van der Waals surface area contributed by atoms with Crippen LogP contribution in [0.3, 0.4) is 0 Å². The van der Waals surface area contributed by atoms with E-state index in [0.29, 0.717) is 18.4 Å². The Balaban J connectivity index is 2.50. The molecule has 1 aliphatic carbocycles. The number of fused-ring (bicyclic) bond motifs is 1. The maximum Gasteiger partial charge on any atom is 0.168 e. The van der Waals surface area contributed by atoms with Crippen LogP contribution >= 0.6 is 0 Å². The minimum atomic E-state index is -2.22. The molecule has 1 aromatic carbocycles. The summed E-state index contributed by atoms with van der Waals surface area (Å²) in [4.78, 5) is 12.2. The second-order valence-electron chi connectivity index (χ2n) is 3.82. The fraction of sp³-hybridized carbons (Fsp3) is 0.417. The van der Waals surface area contributed by atoms with E-state index in [1.54, 1.807) is 19.1 Å². The summed E-state index contributed by atoms with van der Waals surface area (Å²) < 4.78 is 22.5. The van der Waals surface area contributed by atoms with E-state index in [0.717, 1.165) is 5.56 Å². The second kappa shape index (κ2) is 2.69. The van der Waals surface area contributed by atoms with Crippen LogP contribution in [-0.4, -0.2) is 5.78 Å². The summed E-state index contributed by atoms with van der Waals surface area (Å²) in [6.07, 6.45) is 1.07. The lowest BCUT2D eigenvalue weighted by atomic mass is 9.73. The van der Waals surface area contributed by atoms with Gasteiger partial charge in [0.1, 0.15) is 0 Å². The lowest BCUT2D eigenvalue weighted by Crippen LogP contribution is -2.30. The Bertz CT molecular complexity index is 436. The summed E-state index contributed by atoms with van der Waals surface area (Å²) >= 11 is 0. The lowest BCUT2D eigenvalue weighted by molar-refractivity contribution is 0.0811. The van der Waals surface area contributed by atoms with Crippen LogP contribution in [0.1, 0.15) is 40.2 Å². The minimum Gasteiger partial charge on any atom is -0.294 e. The highest BCUT2D eigenvalue weighted by molar-refractivity contribution is 6.02. The van der Waals surface area contributed by atoms with E-state index in [1.807, 2.05) is 12.1 Å². The normalized spacial score (nSPS) is 31.5. The van der Waals surface area contributed by atoms with Crippen molar-refractivity contribution in [2.45, 2.75) is 26.6 Å². The zero-order valence-corrected chi connectivity index (χ0v) is 7.63. The van der Waals surface area contributed by atoms with E-state index in [4.69, 9.17) is 4.11 Å². The smallest absolute Gasteiger partial charge is 0.168 e. The molecule has 0 radical (unpaired) electrons. The molecule has 0 spiro atoms. The number of hydrogen-bond donors (Lipinski definition) is 0. The molecule has 0 saturated heterocycles. The van der Waals surface area contributed by atoms with Gasteiger partial charge in [-0.2, -0.15) is 0 Å². The van der Waals surface area contributed by atoms with Crippen molar-refractivity contribution in [3.63, 3.8) is 0 Å². The van der Waals surface area contributed by atoms with E-state index >= 15 is 0 Å². The van der Waals surface area contributed by atoms with Gasteiger partial charge in [-0.05, 0) is 18.4 Å². The Kier molecular flexibility index (Phi) is 1.16. The van der Waals surface area contributed by atoms with E-state index in [-0.39, 0.29) is 5.78 Å². The largest absolute Gasteiger partial charge is 0.294 e. The number of hydrogen-bond acceptors (Lipinski definition) is 1. The molecule has 0 N–H and O–H groups in total. The molecular formula is C12H14O. The second-order valence-corrected chi connectivity index (χ2v) is 3.82. The van der Waals surface area contributed by atoms with Gasteiger partial charge in [0.25, 0.3) is 0 Å². The van der Waals surface area contributed by atoms with Crippen molar-refractivity contribution >= 4 is 5.78 Å². The van der Waals surface area contributed by atoms with E-state index in [9.17, 15) is 4.79 Å². The fourth-order valence-corrected chi connectivity index (χ4v) is 1.76. The first-order valence-corrected chi connectivity index (χ1v) is 4.49. The molecule has 13 heavy (non-hydrogen) atoms. The average Bonchev–Trinajstić information content (AvgIpc) is 2.22. The first kappa shape index (κ1) is 5.58. The quantitative estimate of drug-likeness (QED) is 0.595. The third-order valence-corrected chi connectivity index (χ3v) is 2.66. The van der Waals surface area contributed by atoms with Crippen molar-refractivity contribution in [3.8, 4) is 0 Å². The molecule has 1 atom stereocenters. The average molecular weight is 177 g/mol. The van der Waals surface area contributed by atoms with Crippen molar-refractivity contribution in [2.24, 2.45) is 5.41 Å². The molecule has 0 amide bonds. The van der Waals surface area contributed by atoms with Crippen LogP contribution in [0.5, 0.6) is 0 Å². The Morgan fingerprint density at radius 3 is 3.00 bits per heavy atom. The van der Waals surface area contributed by atoms with Gasteiger partial charge in [-0.25, -0.2) is 0 Å². The molecule has 0 bridgehead atoms. The van der Waals surface area contributed by atoms with Gasteiger partial charge in [0.2, 0.25) is 0 Å². The highest BCUT2D eigenvalue weighted by Crippen LogP contribution is 2.34. The Morgan fingerprint density at radius 1 is 1.46 bits per heavy atom. The van der Waals surface area contributed by atoms with Crippen LogP contribution in [0.2, 0.25) is 0 Å². The van der Waals surface area contributed by atoms with Gasteiger partial charge in [0, 0.05) is 15.1 Å². The molecular weight excluding hydrogens is 160 g/mol. The number of ketones is 1. The zero-order valence-electron chi connectivity index (χ0n) is 10.6. The highest BCUT2D eigenvalue weighted by atomic mass is 16.1. The van der Waals surface area contributed by atoms with Gasteiger partial charge in [-0.15, -0.1) is 0 Å². The van der Waals surface area contributed by atoms with Gasteiger partial charge in [0.05, 0.1) is 0 Å². The molecule has 1 aliphatic rings. The molecule has 0 aliphatic heterocycles. The van der Waals surface area contributed by atoms with Crippen LogP contribution in [0.4, 0.5) is 0 Å². The Hall–Kier alpha value is -1.11. The SMILES string of the molecule is [2H]C([2H])([2H])C1(C)CCc2ccccc2C1=O. The molecule has 0 heterocycles. The first-order chi connectivity index (χ1) is 7.36. The van der Waals surface area contributed by atoms with Crippen molar-refractivity contribution in [1.29, 1.82) is 0 Å². The number of carbonyl (C=O) groups excluding carboxylic acids is 1. The number of rotatable bonds is 0. The van der Waals surface area contributed by atoms with Gasteiger partial charge in [-0.1, -0.05) is 38.0 Å². The first-order valence-electron chi connectivity index (χ1n) is 5.99. The maximum atomic E-state index is 12.2. The molecule has 68 valence electrons. The van der Waals surface area contributed by atoms with Gasteiger partial charge >= 0.3 is 0 Å². The van der Waals surface area contributed by atoms with Crippen molar-refractivity contribution < 1.29 is 8.91 Å². The lowest BCUT2D eigenvalue weighted by Gasteiger charge is -2.29. The molecule has 0 fully saturated rings. The molecule has 1 unspecified atom stereocenters. The summed E-state index contributed by atoms with van der Waals surface area (Å²) in [5.74, 6) is -0.241. The monoisotopic (exact) mass is 177 g/mol. The zero-order chi connectivity index (χ0) is 12.0. The summed E-state index contributed by atoms with van der Waals surface area (Å²) in [5.41, 5.74) is 0.322. The van der Waals surface area contributed by atoms with Gasteiger partial charge < -0.3 is 0 Å². The number of benzene rings is 1. The minimum absolute atomic E-state index is 0.241. The topological polar surface area (TPSA) is 17.1 Å². The highest BCUT2D eigenvalue weighted by Gasteiger charge is 2.33. The molecule has 0 aromatic heterocycles. The molecule has 1 nitrogen and oxygen atoms in total. The third kappa shape index (κ3) is 1.28. The van der Waals surface area contributed by atoms with Crippen molar-refractivity contribution in [3.05, 3.63) is 35.4 Å². The predicted molar refractivity (Wildman–Crippen MR) is 52.9 cm³/mol. The predicted octanol–water partition coefficient (Wildman–Crippen LogP) is 2.84. The van der Waals surface area contributed by atoms with E-state index in [2.05, 4.69) is 0 Å². The number of aryl methyl sites for hydroxylation is 1. The van der Waals surface area contributed by atoms with Crippen LogP contribution < -0.4 is 0 Å². The molecule has 1 heteroatoms. The van der Waals surface area contributed by atoms with Gasteiger partial charge in [-0.3, -0.25) is 4.79 Å². The summed E-state index contributed by atoms with van der Waals surface area (Å²) in [5, 5.41) is 0. The third-order valence-electron chi connectivity index (χ3n) is 2.66. The van der Waals surface area contributed by atoms with Crippen LogP contribution in [0.25, 0.3) is 0 Å². The fourth-order valence-electron chi connectivity index (χ4n) is 1.76. The molecule has 2 rings (SSSR count). The Labute approximate surface area is 83.0 Å². The van der Waals surface area contributed by atoms with Crippen molar-refractivity contribution in [1.82, 2.24) is 0 Å². The number of carbonyl (C=O) groups is 1. The molecule has 1 aromatic rings. The summed E-state index contributed by atoms with van der Waals surface area (Å²) in [7, 11) is 0. The van der Waals surface area contributed by atoms with Gasteiger partial charge in [0.15, 0.2) is 5.78 Å². The molecule has 0 saturated carbocycles. The maximum absolute atomic E-state index is 12.2.